The number of benzene rings is 1. The Hall–Kier alpha value is -2.04. The number of nitrogens with zero attached hydrogens (tertiary/aromatic N) is 1. The summed E-state index contributed by atoms with van der Waals surface area (Å²) in [5.74, 6) is 1.94. The van der Waals surface area contributed by atoms with Crippen LogP contribution in [0.2, 0.25) is 0 Å². The molecule has 0 radical (unpaired) electrons. The van der Waals surface area contributed by atoms with Gasteiger partial charge >= 0.3 is 0 Å². The number of hydrogen-bond donors (Lipinski definition) is 0. The molecule has 0 spiro atoms. The number of hydrogen-bond acceptors (Lipinski definition) is 4. The van der Waals surface area contributed by atoms with Crippen molar-refractivity contribution in [2.24, 2.45) is 0 Å². The summed E-state index contributed by atoms with van der Waals surface area (Å²) in [6, 6.07) is 18.2. The van der Waals surface area contributed by atoms with Crippen LogP contribution in [0.5, 0.6) is 5.75 Å². The first-order valence-electron chi connectivity index (χ1n) is 7.85. The molecular weight excluding hydrogens is 306 g/mol. The number of para-hydroxylation sites is 1. The van der Waals surface area contributed by atoms with Crippen molar-refractivity contribution in [3.05, 3.63) is 76.9 Å². The molecule has 0 atom stereocenters. The fourth-order valence-electron chi connectivity index (χ4n) is 2.45. The molecule has 0 aliphatic rings. The summed E-state index contributed by atoms with van der Waals surface area (Å²) in [6.07, 6.45) is 2.72. The van der Waals surface area contributed by atoms with Crippen molar-refractivity contribution in [1.29, 1.82) is 0 Å². The van der Waals surface area contributed by atoms with Gasteiger partial charge in [0.05, 0.1) is 19.4 Å². The van der Waals surface area contributed by atoms with Gasteiger partial charge in [0, 0.05) is 18.0 Å². The first-order valence-corrected chi connectivity index (χ1v) is 8.73. The van der Waals surface area contributed by atoms with Gasteiger partial charge in [0.2, 0.25) is 0 Å². The molecule has 1 aromatic carbocycles. The monoisotopic (exact) mass is 327 g/mol. The lowest BCUT2D eigenvalue weighted by atomic mass is 10.3. The predicted molar refractivity (Wildman–Crippen MR) is 93.7 cm³/mol. The highest BCUT2D eigenvalue weighted by molar-refractivity contribution is 7.09. The van der Waals surface area contributed by atoms with E-state index in [1.807, 2.05) is 42.5 Å². The number of furan rings is 1. The Bertz CT molecular complexity index is 614. The summed E-state index contributed by atoms with van der Waals surface area (Å²) in [5.41, 5.74) is 0. The molecule has 0 saturated carbocycles. The van der Waals surface area contributed by atoms with Gasteiger partial charge in [0.25, 0.3) is 0 Å². The fourth-order valence-corrected chi connectivity index (χ4v) is 3.20. The molecule has 0 fully saturated rings. The van der Waals surface area contributed by atoms with Gasteiger partial charge in [-0.3, -0.25) is 4.90 Å². The molecule has 2 aromatic heterocycles. The number of thiophene rings is 1. The Morgan fingerprint density at radius 1 is 0.957 bits per heavy atom. The van der Waals surface area contributed by atoms with Crippen LogP contribution in [-0.2, 0) is 13.1 Å². The lowest BCUT2D eigenvalue weighted by molar-refractivity contribution is 0.210. The average Bonchev–Trinajstić information content (AvgIpc) is 3.26. The SMILES string of the molecule is c1ccc(OCCCN(Cc2ccco2)Cc2cccs2)cc1. The molecule has 3 aromatic rings. The van der Waals surface area contributed by atoms with Gasteiger partial charge in [-0.2, -0.15) is 0 Å². The van der Waals surface area contributed by atoms with Crippen LogP contribution in [0.1, 0.15) is 17.1 Å². The minimum atomic E-state index is 0.725. The molecule has 4 heteroatoms. The Labute approximate surface area is 141 Å². The first kappa shape index (κ1) is 15.8. The molecular formula is C19H21NO2S. The maximum Gasteiger partial charge on any atom is 0.119 e. The van der Waals surface area contributed by atoms with Crippen molar-refractivity contribution in [2.45, 2.75) is 19.5 Å². The van der Waals surface area contributed by atoms with Crippen LogP contribution in [0.15, 0.2) is 70.7 Å². The summed E-state index contributed by atoms with van der Waals surface area (Å²) in [6.45, 7) is 3.48. The lowest BCUT2D eigenvalue weighted by Gasteiger charge is -2.20. The molecule has 2 heterocycles. The third kappa shape index (κ3) is 5.27. The first-order chi connectivity index (χ1) is 11.4. The Morgan fingerprint density at radius 3 is 2.61 bits per heavy atom. The Morgan fingerprint density at radius 2 is 1.87 bits per heavy atom. The van der Waals surface area contributed by atoms with E-state index in [0.29, 0.717) is 0 Å². The smallest absolute Gasteiger partial charge is 0.119 e. The summed E-state index contributed by atoms with van der Waals surface area (Å²) in [7, 11) is 0. The van der Waals surface area contributed by atoms with Crippen molar-refractivity contribution in [3.63, 3.8) is 0 Å². The number of rotatable bonds is 9. The normalized spacial score (nSPS) is 11.0. The molecule has 0 N–H and O–H groups in total. The van der Waals surface area contributed by atoms with E-state index in [1.165, 1.54) is 4.88 Å². The van der Waals surface area contributed by atoms with Crippen LogP contribution < -0.4 is 4.74 Å². The van der Waals surface area contributed by atoms with Gasteiger partial charge < -0.3 is 9.15 Å². The Kier molecular flexibility index (Phi) is 5.89. The number of ether oxygens (including phenoxy) is 1. The maximum absolute atomic E-state index is 5.78. The third-order valence-corrected chi connectivity index (χ3v) is 4.41. The third-order valence-electron chi connectivity index (χ3n) is 3.55. The highest BCUT2D eigenvalue weighted by atomic mass is 32.1. The second-order valence-electron chi connectivity index (χ2n) is 5.38. The van der Waals surface area contributed by atoms with Gasteiger partial charge in [-0.1, -0.05) is 24.3 Å². The molecule has 3 nitrogen and oxygen atoms in total. The summed E-state index contributed by atoms with van der Waals surface area (Å²) in [5, 5.41) is 2.12. The van der Waals surface area contributed by atoms with Crippen LogP contribution in [0, 0.1) is 0 Å². The second-order valence-corrected chi connectivity index (χ2v) is 6.42. The zero-order valence-corrected chi connectivity index (χ0v) is 13.9. The van der Waals surface area contributed by atoms with Gasteiger partial charge in [-0.15, -0.1) is 11.3 Å². The average molecular weight is 327 g/mol. The van der Waals surface area contributed by atoms with E-state index in [0.717, 1.165) is 44.2 Å². The van der Waals surface area contributed by atoms with E-state index >= 15 is 0 Å². The topological polar surface area (TPSA) is 25.6 Å². The highest BCUT2D eigenvalue weighted by Gasteiger charge is 2.09. The zero-order valence-electron chi connectivity index (χ0n) is 13.1. The van der Waals surface area contributed by atoms with Gasteiger partial charge in [-0.05, 0) is 42.1 Å². The summed E-state index contributed by atoms with van der Waals surface area (Å²) in [4.78, 5) is 3.78. The van der Waals surface area contributed by atoms with Crippen molar-refractivity contribution in [3.8, 4) is 5.75 Å². The van der Waals surface area contributed by atoms with Crippen LogP contribution in [0.25, 0.3) is 0 Å². The minimum Gasteiger partial charge on any atom is -0.494 e. The standard InChI is InChI=1S/C19H21NO2S/c1-2-7-17(8-3-1)21-13-6-11-20(15-18-9-4-12-22-18)16-19-10-5-14-23-19/h1-5,7-10,12,14H,6,11,13,15-16H2. The lowest BCUT2D eigenvalue weighted by Crippen LogP contribution is -2.24. The van der Waals surface area contributed by atoms with Crippen molar-refractivity contribution in [2.75, 3.05) is 13.2 Å². The molecule has 120 valence electrons. The molecule has 23 heavy (non-hydrogen) atoms. The van der Waals surface area contributed by atoms with E-state index in [1.54, 1.807) is 17.6 Å². The molecule has 0 aliphatic carbocycles. The van der Waals surface area contributed by atoms with Crippen molar-refractivity contribution >= 4 is 11.3 Å². The molecule has 0 unspecified atom stereocenters. The highest BCUT2D eigenvalue weighted by Crippen LogP contribution is 2.15. The molecule has 3 rings (SSSR count). The molecule has 0 amide bonds. The van der Waals surface area contributed by atoms with Gasteiger partial charge in [-0.25, -0.2) is 0 Å². The fraction of sp³-hybridized carbons (Fsp3) is 0.263. The largest absolute Gasteiger partial charge is 0.494 e. The van der Waals surface area contributed by atoms with Crippen LogP contribution in [0.4, 0.5) is 0 Å². The molecule has 0 saturated heterocycles. The second kappa shape index (κ2) is 8.56. The van der Waals surface area contributed by atoms with Crippen LogP contribution >= 0.6 is 11.3 Å². The van der Waals surface area contributed by atoms with Gasteiger partial charge in [0.1, 0.15) is 11.5 Å². The van der Waals surface area contributed by atoms with Crippen LogP contribution in [-0.4, -0.2) is 18.1 Å². The molecule has 0 aliphatic heterocycles. The van der Waals surface area contributed by atoms with Crippen molar-refractivity contribution in [1.82, 2.24) is 4.90 Å². The molecule has 0 bridgehead atoms. The van der Waals surface area contributed by atoms with E-state index in [2.05, 4.69) is 22.4 Å². The zero-order chi connectivity index (χ0) is 15.7. The maximum atomic E-state index is 5.78. The van der Waals surface area contributed by atoms with E-state index in [9.17, 15) is 0 Å². The van der Waals surface area contributed by atoms with E-state index in [4.69, 9.17) is 9.15 Å². The quantitative estimate of drug-likeness (QED) is 0.527. The van der Waals surface area contributed by atoms with E-state index < -0.39 is 0 Å². The summed E-state index contributed by atoms with van der Waals surface area (Å²) < 4.78 is 11.3. The Balaban J connectivity index is 1.49. The summed E-state index contributed by atoms with van der Waals surface area (Å²) >= 11 is 1.80. The van der Waals surface area contributed by atoms with E-state index in [-0.39, 0.29) is 0 Å². The predicted octanol–water partition coefficient (Wildman–Crippen LogP) is 4.81. The van der Waals surface area contributed by atoms with Gasteiger partial charge in [0.15, 0.2) is 0 Å². The minimum absolute atomic E-state index is 0.725. The van der Waals surface area contributed by atoms with Crippen molar-refractivity contribution < 1.29 is 9.15 Å². The van der Waals surface area contributed by atoms with Crippen LogP contribution in [0.3, 0.4) is 0 Å².